The highest BCUT2D eigenvalue weighted by Gasteiger charge is 2.31. The van der Waals surface area contributed by atoms with Crippen molar-refractivity contribution >= 4 is 50.3 Å². The van der Waals surface area contributed by atoms with Gasteiger partial charge in [0.25, 0.3) is 0 Å². The largest absolute Gasteiger partial charge is 0.493 e. The van der Waals surface area contributed by atoms with Crippen molar-refractivity contribution in [2.24, 2.45) is 0 Å². The lowest BCUT2D eigenvalue weighted by atomic mass is 9.97. The molecule has 0 amide bonds. The maximum Gasteiger partial charge on any atom is 0.335 e. The first kappa shape index (κ1) is 35.0. The summed E-state index contributed by atoms with van der Waals surface area (Å²) in [6.07, 6.45) is 0.991. The highest BCUT2D eigenvalue weighted by Crippen LogP contribution is 2.38. The second kappa shape index (κ2) is 15.8. The number of hydrazine groups is 1. The number of halogens is 1. The smallest absolute Gasteiger partial charge is 0.335 e. The standard InChI is InChI=1S/C38H40ClN3O5S2/c1-2-49(45,46)41(40-22-25-48-26-23-40)21-19-36-33(20-24-47-32-16-13-30(14-17-32)38(43)44)34-27-31(39)15-18-35(34)42(36)37(28-9-5-3-6-10-28)29-11-7-4-8-12-29/h3-18,27,37H,2,19-26H2,1H3,(H,43,44). The van der Waals surface area contributed by atoms with Gasteiger partial charge in [0.1, 0.15) is 5.75 Å². The van der Waals surface area contributed by atoms with Gasteiger partial charge in [-0.05, 0) is 66.1 Å². The second-order valence-electron chi connectivity index (χ2n) is 11.9. The second-order valence-corrected chi connectivity index (χ2v) is 15.7. The molecule has 5 aromatic rings. The number of carboxylic acids is 1. The molecule has 0 unspecified atom stereocenters. The molecule has 1 aromatic heterocycles. The predicted molar refractivity (Wildman–Crippen MR) is 198 cm³/mol. The van der Waals surface area contributed by atoms with Crippen molar-refractivity contribution in [3.63, 3.8) is 0 Å². The Morgan fingerprint density at radius 3 is 2.14 bits per heavy atom. The van der Waals surface area contributed by atoms with Crippen LogP contribution >= 0.6 is 23.4 Å². The lowest BCUT2D eigenvalue weighted by molar-refractivity contribution is 0.0696. The van der Waals surface area contributed by atoms with E-state index >= 15 is 0 Å². The first-order valence-corrected chi connectivity index (χ1v) is 19.6. The molecule has 6 rings (SSSR count). The summed E-state index contributed by atoms with van der Waals surface area (Å²) in [7, 11) is -3.53. The predicted octanol–water partition coefficient (Wildman–Crippen LogP) is 7.41. The van der Waals surface area contributed by atoms with Gasteiger partial charge in [0.2, 0.25) is 10.0 Å². The van der Waals surface area contributed by atoms with Crippen molar-refractivity contribution in [2.45, 2.75) is 25.8 Å². The van der Waals surface area contributed by atoms with E-state index in [2.05, 4.69) is 34.9 Å². The third-order valence-corrected chi connectivity index (χ3v) is 11.9. The Morgan fingerprint density at radius 1 is 0.918 bits per heavy atom. The van der Waals surface area contributed by atoms with Crippen LogP contribution in [0.3, 0.4) is 0 Å². The molecule has 2 heterocycles. The summed E-state index contributed by atoms with van der Waals surface area (Å²) in [6, 6.07) is 32.9. The van der Waals surface area contributed by atoms with Crippen LogP contribution in [0.1, 0.15) is 45.7 Å². The molecule has 0 aliphatic carbocycles. The summed E-state index contributed by atoms with van der Waals surface area (Å²) in [6.45, 7) is 3.69. The van der Waals surface area contributed by atoms with Gasteiger partial charge in [0.15, 0.2) is 0 Å². The van der Waals surface area contributed by atoms with Crippen LogP contribution in [0, 0.1) is 0 Å². The van der Waals surface area contributed by atoms with Crippen LogP contribution in [0.25, 0.3) is 10.9 Å². The molecule has 1 fully saturated rings. The zero-order valence-electron chi connectivity index (χ0n) is 27.4. The number of carbonyl (C=O) groups is 1. The molecule has 11 heteroatoms. The number of hydrogen-bond acceptors (Lipinski definition) is 6. The first-order chi connectivity index (χ1) is 23.8. The van der Waals surface area contributed by atoms with Gasteiger partial charge in [-0.25, -0.2) is 18.2 Å². The molecule has 256 valence electrons. The summed E-state index contributed by atoms with van der Waals surface area (Å²) in [5, 5.41) is 12.9. The van der Waals surface area contributed by atoms with Crippen molar-refractivity contribution in [1.82, 2.24) is 14.0 Å². The Kier molecular flexibility index (Phi) is 11.3. The lowest BCUT2D eigenvalue weighted by Gasteiger charge is -2.36. The van der Waals surface area contributed by atoms with Gasteiger partial charge in [0.05, 0.1) is 24.0 Å². The molecule has 0 bridgehead atoms. The van der Waals surface area contributed by atoms with Crippen LogP contribution in [0.2, 0.25) is 5.02 Å². The third-order valence-electron chi connectivity index (χ3n) is 8.92. The Labute approximate surface area is 297 Å². The van der Waals surface area contributed by atoms with Crippen molar-refractivity contribution < 1.29 is 23.1 Å². The van der Waals surface area contributed by atoms with Crippen LogP contribution in [-0.2, 0) is 22.9 Å². The maximum atomic E-state index is 13.6. The molecular formula is C38H40ClN3O5S2. The zero-order chi connectivity index (χ0) is 34.4. The van der Waals surface area contributed by atoms with Crippen LogP contribution in [0.5, 0.6) is 5.75 Å². The number of rotatable bonds is 14. The minimum Gasteiger partial charge on any atom is -0.493 e. The van der Waals surface area contributed by atoms with E-state index in [1.54, 1.807) is 23.5 Å². The fraction of sp³-hybridized carbons (Fsp3) is 0.289. The third kappa shape index (κ3) is 8.00. The SMILES string of the molecule is CCS(=O)(=O)N(CCc1c(CCOc2ccc(C(=O)O)cc2)c2cc(Cl)ccc2n1C(c1ccccc1)c1ccccc1)N1CCSCC1. The number of thioether (sulfide) groups is 1. The Hall–Kier alpha value is -3.80. The number of hydrogen-bond donors (Lipinski definition) is 1. The average molecular weight is 718 g/mol. The van der Waals surface area contributed by atoms with E-state index in [0.29, 0.717) is 49.9 Å². The molecule has 1 aliphatic rings. The summed E-state index contributed by atoms with van der Waals surface area (Å²) < 4.78 is 37.3. The highest BCUT2D eigenvalue weighted by molar-refractivity contribution is 7.99. The number of aromatic nitrogens is 1. The summed E-state index contributed by atoms with van der Waals surface area (Å²) in [4.78, 5) is 11.4. The van der Waals surface area contributed by atoms with E-state index in [1.165, 1.54) is 12.1 Å². The first-order valence-electron chi connectivity index (χ1n) is 16.5. The number of ether oxygens (including phenoxy) is 1. The Morgan fingerprint density at radius 2 is 1.55 bits per heavy atom. The fourth-order valence-corrected chi connectivity index (χ4v) is 8.80. The number of fused-ring (bicyclic) bond motifs is 1. The van der Waals surface area contributed by atoms with E-state index < -0.39 is 16.0 Å². The maximum absolute atomic E-state index is 13.6. The van der Waals surface area contributed by atoms with E-state index in [9.17, 15) is 18.3 Å². The molecule has 49 heavy (non-hydrogen) atoms. The van der Waals surface area contributed by atoms with Crippen LogP contribution < -0.4 is 4.74 Å². The molecule has 1 aliphatic heterocycles. The number of aromatic carboxylic acids is 1. The zero-order valence-corrected chi connectivity index (χ0v) is 29.8. The van der Waals surface area contributed by atoms with Gasteiger partial charge in [0, 0.05) is 65.6 Å². The number of benzene rings is 4. The number of sulfonamides is 1. The van der Waals surface area contributed by atoms with Crippen molar-refractivity contribution in [2.75, 3.05) is 43.5 Å². The summed E-state index contributed by atoms with van der Waals surface area (Å²) >= 11 is 8.50. The molecule has 0 spiro atoms. The average Bonchev–Trinajstić information content (AvgIpc) is 3.41. The van der Waals surface area contributed by atoms with Crippen LogP contribution in [0.4, 0.5) is 0 Å². The molecule has 1 saturated heterocycles. The monoisotopic (exact) mass is 717 g/mol. The molecular weight excluding hydrogens is 678 g/mol. The van der Waals surface area contributed by atoms with Crippen molar-refractivity contribution in [1.29, 1.82) is 0 Å². The molecule has 1 N–H and O–H groups in total. The molecule has 0 saturated carbocycles. The molecule has 4 aromatic carbocycles. The normalized spacial score (nSPS) is 14.1. The van der Waals surface area contributed by atoms with Gasteiger partial charge in [-0.2, -0.15) is 11.8 Å². The fourth-order valence-electron chi connectivity index (χ4n) is 6.56. The number of nitrogens with zero attached hydrogens (tertiary/aromatic N) is 3. The summed E-state index contributed by atoms with van der Waals surface area (Å²) in [5.41, 5.74) is 5.46. The number of carboxylic acid groups (broad SMARTS) is 1. The van der Waals surface area contributed by atoms with E-state index in [4.69, 9.17) is 16.3 Å². The van der Waals surface area contributed by atoms with Gasteiger partial charge < -0.3 is 14.4 Å². The van der Waals surface area contributed by atoms with Crippen molar-refractivity contribution in [3.05, 3.63) is 136 Å². The van der Waals surface area contributed by atoms with Gasteiger partial charge in [-0.15, -0.1) is 4.41 Å². The topological polar surface area (TPSA) is 92.1 Å². The van der Waals surface area contributed by atoms with Crippen molar-refractivity contribution in [3.8, 4) is 5.75 Å². The Bertz CT molecular complexity index is 1940. The molecule has 0 atom stereocenters. The van der Waals surface area contributed by atoms with Gasteiger partial charge >= 0.3 is 5.97 Å². The van der Waals surface area contributed by atoms with E-state index in [-0.39, 0.29) is 17.4 Å². The van der Waals surface area contributed by atoms with Gasteiger partial charge in [-0.1, -0.05) is 72.3 Å². The Balaban J connectivity index is 1.47. The summed E-state index contributed by atoms with van der Waals surface area (Å²) in [5.74, 6) is 1.37. The minimum atomic E-state index is -3.53. The molecule has 0 radical (unpaired) electrons. The van der Waals surface area contributed by atoms with Crippen LogP contribution in [0.15, 0.2) is 103 Å². The van der Waals surface area contributed by atoms with E-state index in [0.717, 1.165) is 44.8 Å². The van der Waals surface area contributed by atoms with Gasteiger partial charge in [-0.3, -0.25) is 0 Å². The van der Waals surface area contributed by atoms with E-state index in [1.807, 2.05) is 65.3 Å². The lowest BCUT2D eigenvalue weighted by Crippen LogP contribution is -2.51. The quantitative estimate of drug-likeness (QED) is 0.128. The molecule has 8 nitrogen and oxygen atoms in total. The van der Waals surface area contributed by atoms with Crippen LogP contribution in [-0.4, -0.2) is 77.0 Å². The minimum absolute atomic E-state index is 0.0211. The highest BCUT2D eigenvalue weighted by atomic mass is 35.5.